The Hall–Kier alpha value is -1.97. The van der Waals surface area contributed by atoms with E-state index in [0.717, 1.165) is 16.7 Å². The van der Waals surface area contributed by atoms with Crippen molar-refractivity contribution in [1.29, 1.82) is 0 Å². The van der Waals surface area contributed by atoms with E-state index in [-0.39, 0.29) is 5.97 Å². The monoisotopic (exact) mass is 247 g/mol. The van der Waals surface area contributed by atoms with Crippen molar-refractivity contribution in [2.75, 3.05) is 13.2 Å². The lowest BCUT2D eigenvalue weighted by Crippen LogP contribution is -2.09. The highest BCUT2D eigenvalue weighted by atomic mass is 16.5. The van der Waals surface area contributed by atoms with Gasteiger partial charge >= 0.3 is 5.97 Å². The SMILES string of the molecule is CCOC(=O)c1cc2cc(OCC)ccc2n1C. The van der Waals surface area contributed by atoms with Crippen LogP contribution in [0.5, 0.6) is 5.75 Å². The summed E-state index contributed by atoms with van der Waals surface area (Å²) in [5.74, 6) is 0.514. The van der Waals surface area contributed by atoms with Gasteiger partial charge in [0.2, 0.25) is 0 Å². The van der Waals surface area contributed by atoms with E-state index in [4.69, 9.17) is 9.47 Å². The number of hydrogen-bond donors (Lipinski definition) is 0. The quantitative estimate of drug-likeness (QED) is 0.780. The summed E-state index contributed by atoms with van der Waals surface area (Å²) in [7, 11) is 1.86. The van der Waals surface area contributed by atoms with Crippen LogP contribution in [0.4, 0.5) is 0 Å². The zero-order valence-electron chi connectivity index (χ0n) is 10.9. The number of aryl methyl sites for hydroxylation is 1. The smallest absolute Gasteiger partial charge is 0.354 e. The maximum atomic E-state index is 11.8. The van der Waals surface area contributed by atoms with Crippen molar-refractivity contribution in [3.8, 4) is 5.75 Å². The molecule has 1 aromatic carbocycles. The molecule has 0 saturated heterocycles. The first-order chi connectivity index (χ1) is 8.67. The summed E-state index contributed by atoms with van der Waals surface area (Å²) in [4.78, 5) is 11.8. The first-order valence-corrected chi connectivity index (χ1v) is 6.06. The van der Waals surface area contributed by atoms with Crippen LogP contribution in [-0.2, 0) is 11.8 Å². The minimum absolute atomic E-state index is 0.297. The van der Waals surface area contributed by atoms with E-state index in [1.54, 1.807) is 6.92 Å². The summed E-state index contributed by atoms with van der Waals surface area (Å²) in [6.45, 7) is 4.75. The molecule has 96 valence electrons. The number of carbonyl (C=O) groups is 1. The van der Waals surface area contributed by atoms with Gasteiger partial charge in [-0.2, -0.15) is 0 Å². The van der Waals surface area contributed by atoms with Gasteiger partial charge in [0.05, 0.1) is 13.2 Å². The van der Waals surface area contributed by atoms with E-state index in [2.05, 4.69) is 0 Å². The highest BCUT2D eigenvalue weighted by Crippen LogP contribution is 2.24. The Labute approximate surface area is 106 Å². The predicted molar refractivity (Wildman–Crippen MR) is 70.0 cm³/mol. The number of carbonyl (C=O) groups excluding carboxylic acids is 1. The minimum atomic E-state index is -0.297. The zero-order chi connectivity index (χ0) is 13.1. The van der Waals surface area contributed by atoms with E-state index in [0.29, 0.717) is 18.9 Å². The van der Waals surface area contributed by atoms with Gasteiger partial charge in [0.25, 0.3) is 0 Å². The largest absolute Gasteiger partial charge is 0.494 e. The minimum Gasteiger partial charge on any atom is -0.494 e. The van der Waals surface area contributed by atoms with E-state index in [1.807, 2.05) is 42.8 Å². The molecule has 0 atom stereocenters. The second kappa shape index (κ2) is 5.12. The predicted octanol–water partition coefficient (Wildman–Crippen LogP) is 2.75. The third-order valence-corrected chi connectivity index (χ3v) is 2.81. The number of hydrogen-bond acceptors (Lipinski definition) is 3. The Morgan fingerprint density at radius 1 is 1.22 bits per heavy atom. The molecule has 0 spiro atoms. The van der Waals surface area contributed by atoms with Gasteiger partial charge in [-0.05, 0) is 38.1 Å². The fraction of sp³-hybridized carbons (Fsp3) is 0.357. The van der Waals surface area contributed by atoms with Gasteiger partial charge in [0, 0.05) is 18.0 Å². The Bertz CT molecular complexity index is 572. The van der Waals surface area contributed by atoms with Crippen molar-refractivity contribution in [3.63, 3.8) is 0 Å². The maximum absolute atomic E-state index is 11.8. The summed E-state index contributed by atoms with van der Waals surface area (Å²) in [5.41, 5.74) is 1.54. The molecule has 0 amide bonds. The molecule has 0 radical (unpaired) electrons. The Kier molecular flexibility index (Phi) is 3.55. The molecule has 0 aliphatic rings. The number of fused-ring (bicyclic) bond motifs is 1. The van der Waals surface area contributed by atoms with E-state index < -0.39 is 0 Å². The van der Waals surface area contributed by atoms with E-state index in [9.17, 15) is 4.79 Å². The number of ether oxygens (including phenoxy) is 2. The molecule has 1 heterocycles. The van der Waals surface area contributed by atoms with Crippen LogP contribution in [-0.4, -0.2) is 23.8 Å². The van der Waals surface area contributed by atoms with Crippen LogP contribution in [0.1, 0.15) is 24.3 Å². The zero-order valence-corrected chi connectivity index (χ0v) is 10.9. The molecule has 0 unspecified atom stereocenters. The molecule has 4 heteroatoms. The standard InChI is InChI=1S/C14H17NO3/c1-4-17-11-6-7-12-10(8-11)9-13(15(12)3)14(16)18-5-2/h6-9H,4-5H2,1-3H3. The van der Waals surface area contributed by atoms with Crippen LogP contribution in [0.25, 0.3) is 10.9 Å². The van der Waals surface area contributed by atoms with Gasteiger partial charge in [-0.3, -0.25) is 0 Å². The number of esters is 1. The average Bonchev–Trinajstić information content (AvgIpc) is 2.67. The molecule has 18 heavy (non-hydrogen) atoms. The summed E-state index contributed by atoms with van der Waals surface area (Å²) < 4.78 is 12.3. The normalized spacial score (nSPS) is 10.6. The van der Waals surface area contributed by atoms with Crippen molar-refractivity contribution < 1.29 is 14.3 Å². The maximum Gasteiger partial charge on any atom is 0.354 e. The summed E-state index contributed by atoms with van der Waals surface area (Å²) >= 11 is 0. The van der Waals surface area contributed by atoms with Gasteiger partial charge in [-0.15, -0.1) is 0 Å². The van der Waals surface area contributed by atoms with Crippen molar-refractivity contribution in [2.45, 2.75) is 13.8 Å². The van der Waals surface area contributed by atoms with Crippen LogP contribution < -0.4 is 4.74 Å². The molecule has 0 aliphatic carbocycles. The van der Waals surface area contributed by atoms with Crippen molar-refractivity contribution in [2.24, 2.45) is 7.05 Å². The van der Waals surface area contributed by atoms with Gasteiger partial charge in [0.15, 0.2) is 0 Å². The van der Waals surface area contributed by atoms with E-state index in [1.165, 1.54) is 0 Å². The van der Waals surface area contributed by atoms with Crippen LogP contribution >= 0.6 is 0 Å². The van der Waals surface area contributed by atoms with Crippen LogP contribution in [0, 0.1) is 0 Å². The molecule has 0 aliphatic heterocycles. The lowest BCUT2D eigenvalue weighted by Gasteiger charge is -2.04. The molecular weight excluding hydrogens is 230 g/mol. The number of rotatable bonds is 4. The van der Waals surface area contributed by atoms with Gasteiger partial charge in [-0.25, -0.2) is 4.79 Å². The first kappa shape index (κ1) is 12.5. The van der Waals surface area contributed by atoms with Crippen LogP contribution in [0.15, 0.2) is 24.3 Å². The molecule has 1 aromatic heterocycles. The second-order valence-corrected chi connectivity index (χ2v) is 3.96. The second-order valence-electron chi connectivity index (χ2n) is 3.96. The summed E-state index contributed by atoms with van der Waals surface area (Å²) in [6, 6.07) is 7.61. The first-order valence-electron chi connectivity index (χ1n) is 6.06. The Morgan fingerprint density at radius 2 is 2.00 bits per heavy atom. The van der Waals surface area contributed by atoms with Crippen LogP contribution in [0.3, 0.4) is 0 Å². The molecular formula is C14H17NO3. The molecule has 2 aromatic rings. The third kappa shape index (κ3) is 2.18. The summed E-state index contributed by atoms with van der Waals surface area (Å²) in [5, 5.41) is 0.978. The molecule has 0 N–H and O–H groups in total. The molecule has 0 fully saturated rings. The van der Waals surface area contributed by atoms with Gasteiger partial charge in [-0.1, -0.05) is 0 Å². The molecule has 2 rings (SSSR count). The van der Waals surface area contributed by atoms with Gasteiger partial charge < -0.3 is 14.0 Å². The van der Waals surface area contributed by atoms with Crippen LogP contribution in [0.2, 0.25) is 0 Å². The fourth-order valence-electron chi connectivity index (χ4n) is 1.98. The lowest BCUT2D eigenvalue weighted by molar-refractivity contribution is 0.0516. The average molecular weight is 247 g/mol. The Balaban J connectivity index is 2.45. The molecule has 4 nitrogen and oxygen atoms in total. The number of aromatic nitrogens is 1. The number of nitrogens with zero attached hydrogens (tertiary/aromatic N) is 1. The molecule has 0 saturated carbocycles. The summed E-state index contributed by atoms with van der Waals surface area (Å²) in [6.07, 6.45) is 0. The highest BCUT2D eigenvalue weighted by molar-refractivity contribution is 5.96. The van der Waals surface area contributed by atoms with Crippen molar-refractivity contribution in [3.05, 3.63) is 30.0 Å². The lowest BCUT2D eigenvalue weighted by atomic mass is 10.2. The number of benzene rings is 1. The van der Waals surface area contributed by atoms with Gasteiger partial charge in [0.1, 0.15) is 11.4 Å². The van der Waals surface area contributed by atoms with Crippen molar-refractivity contribution in [1.82, 2.24) is 4.57 Å². The Morgan fingerprint density at radius 3 is 2.67 bits per heavy atom. The fourth-order valence-corrected chi connectivity index (χ4v) is 1.98. The highest BCUT2D eigenvalue weighted by Gasteiger charge is 2.14. The van der Waals surface area contributed by atoms with E-state index >= 15 is 0 Å². The van der Waals surface area contributed by atoms with Crippen molar-refractivity contribution >= 4 is 16.9 Å². The topological polar surface area (TPSA) is 40.5 Å². The third-order valence-electron chi connectivity index (χ3n) is 2.81. The molecule has 0 bridgehead atoms.